The molecular weight excluding hydrogens is 353 g/mol. The lowest BCUT2D eigenvalue weighted by Gasteiger charge is -2.42. The summed E-state index contributed by atoms with van der Waals surface area (Å²) in [4.78, 5) is 12.2. The average Bonchev–Trinajstić information content (AvgIpc) is 2.48. The van der Waals surface area contributed by atoms with Gasteiger partial charge in [0.1, 0.15) is 0 Å². The summed E-state index contributed by atoms with van der Waals surface area (Å²) in [7, 11) is 0. The van der Waals surface area contributed by atoms with Gasteiger partial charge in [0.05, 0.1) is 11.5 Å². The molecule has 0 saturated heterocycles. The van der Waals surface area contributed by atoms with Gasteiger partial charge in [-0.25, -0.2) is 0 Å². The van der Waals surface area contributed by atoms with Crippen LogP contribution in [0.2, 0.25) is 5.02 Å². The van der Waals surface area contributed by atoms with Gasteiger partial charge in [-0.1, -0.05) is 42.0 Å². The normalized spacial score (nSPS) is 24.0. The summed E-state index contributed by atoms with van der Waals surface area (Å²) in [5, 5.41) is 2.46. The van der Waals surface area contributed by atoms with Crippen LogP contribution in [0.4, 0.5) is 22.0 Å². The largest absolute Gasteiger partial charge is 0.454 e. The van der Waals surface area contributed by atoms with Crippen molar-refractivity contribution in [2.24, 2.45) is 5.41 Å². The maximum absolute atomic E-state index is 14.0. The van der Waals surface area contributed by atoms with Crippen molar-refractivity contribution in [1.82, 2.24) is 5.32 Å². The number of benzene rings is 1. The van der Waals surface area contributed by atoms with E-state index in [1.807, 2.05) is 0 Å². The van der Waals surface area contributed by atoms with Crippen molar-refractivity contribution in [3.63, 3.8) is 0 Å². The number of halogens is 6. The summed E-state index contributed by atoms with van der Waals surface area (Å²) >= 11 is 5.75. The number of nitrogens with one attached hydrogen (secondary N) is 1. The van der Waals surface area contributed by atoms with Crippen LogP contribution in [-0.4, -0.2) is 24.0 Å². The van der Waals surface area contributed by atoms with Crippen LogP contribution in [0.3, 0.4) is 0 Å². The van der Waals surface area contributed by atoms with Crippen molar-refractivity contribution in [3.8, 4) is 0 Å². The third-order valence-electron chi connectivity index (χ3n) is 3.91. The van der Waals surface area contributed by atoms with E-state index in [1.165, 1.54) is 30.3 Å². The molecule has 2 atom stereocenters. The Morgan fingerprint density at radius 1 is 1.21 bits per heavy atom. The van der Waals surface area contributed by atoms with Crippen molar-refractivity contribution in [1.29, 1.82) is 0 Å². The molecular formula is C16H13ClF5NO. The minimum absolute atomic E-state index is 0.0585. The monoisotopic (exact) mass is 365 g/mol. The van der Waals surface area contributed by atoms with Crippen molar-refractivity contribution in [2.75, 3.05) is 0 Å². The van der Waals surface area contributed by atoms with Gasteiger partial charge in [0.2, 0.25) is 0 Å². The minimum Gasteiger partial charge on any atom is -0.345 e. The zero-order valence-electron chi connectivity index (χ0n) is 12.4. The fourth-order valence-electron chi connectivity index (χ4n) is 2.39. The fourth-order valence-corrected chi connectivity index (χ4v) is 2.58. The lowest BCUT2D eigenvalue weighted by atomic mass is 9.73. The van der Waals surface area contributed by atoms with Gasteiger partial charge in [0.15, 0.2) is 0 Å². The highest BCUT2D eigenvalue weighted by Gasteiger charge is 2.69. The zero-order valence-corrected chi connectivity index (χ0v) is 13.1. The number of hydrogen-bond donors (Lipinski definition) is 1. The highest BCUT2D eigenvalue weighted by molar-refractivity contribution is 6.30. The first-order chi connectivity index (χ1) is 11.0. The molecule has 0 aromatic heterocycles. The standard InChI is InChI=1S/C16H13ClF5NO/c1-14(15(18,19)16(20,21)22)8-3-2-7-12(14)23-13(24)10-5-4-6-11(17)9-10/h2-9,12H,1H3,(H,23,24). The quantitative estimate of drug-likeness (QED) is 0.768. The summed E-state index contributed by atoms with van der Waals surface area (Å²) < 4.78 is 66.4. The van der Waals surface area contributed by atoms with Crippen LogP contribution in [0.15, 0.2) is 48.6 Å². The SMILES string of the molecule is CC1(C(F)(F)C(F)(F)F)C=CC=CC1NC(=O)c1cccc(Cl)c1. The van der Waals surface area contributed by atoms with E-state index in [9.17, 15) is 26.7 Å². The smallest absolute Gasteiger partial charge is 0.345 e. The molecule has 1 aliphatic rings. The second-order valence-corrected chi connectivity index (χ2v) is 6.00. The van der Waals surface area contributed by atoms with Crippen molar-refractivity contribution in [3.05, 3.63) is 59.2 Å². The van der Waals surface area contributed by atoms with Gasteiger partial charge in [-0.2, -0.15) is 22.0 Å². The van der Waals surface area contributed by atoms with E-state index in [2.05, 4.69) is 5.32 Å². The van der Waals surface area contributed by atoms with E-state index >= 15 is 0 Å². The number of rotatable bonds is 3. The third kappa shape index (κ3) is 3.17. The minimum atomic E-state index is -5.75. The predicted molar refractivity (Wildman–Crippen MR) is 80.1 cm³/mol. The molecule has 1 aromatic carbocycles. The molecule has 1 aliphatic carbocycles. The molecule has 1 N–H and O–H groups in total. The Kier molecular flexibility index (Phi) is 4.77. The number of alkyl halides is 5. The number of carbonyl (C=O) groups excluding carboxylic acids is 1. The second-order valence-electron chi connectivity index (χ2n) is 5.56. The maximum Gasteiger partial charge on any atom is 0.454 e. The molecule has 2 nitrogen and oxygen atoms in total. The van der Waals surface area contributed by atoms with Crippen LogP contribution < -0.4 is 5.32 Å². The Morgan fingerprint density at radius 3 is 2.46 bits per heavy atom. The van der Waals surface area contributed by atoms with Gasteiger partial charge >= 0.3 is 12.1 Å². The van der Waals surface area contributed by atoms with Crippen molar-refractivity contribution >= 4 is 17.5 Å². The fraction of sp³-hybridized carbons (Fsp3) is 0.312. The van der Waals surface area contributed by atoms with Crippen LogP contribution in [-0.2, 0) is 0 Å². The molecule has 2 rings (SSSR count). The molecule has 24 heavy (non-hydrogen) atoms. The number of carbonyl (C=O) groups is 1. The van der Waals surface area contributed by atoms with E-state index in [1.54, 1.807) is 0 Å². The van der Waals surface area contributed by atoms with Gasteiger partial charge in [0.25, 0.3) is 5.91 Å². The van der Waals surface area contributed by atoms with Gasteiger partial charge in [-0.15, -0.1) is 0 Å². The van der Waals surface area contributed by atoms with Gasteiger partial charge in [-0.05, 0) is 25.1 Å². The Balaban J connectivity index is 2.33. The van der Waals surface area contributed by atoms with E-state index in [-0.39, 0.29) is 10.6 Å². The molecule has 2 unspecified atom stereocenters. The molecule has 1 aromatic rings. The molecule has 130 valence electrons. The summed E-state index contributed by atoms with van der Waals surface area (Å²) in [5.41, 5.74) is -2.60. The Labute approximate surface area is 140 Å². The number of hydrogen-bond acceptors (Lipinski definition) is 1. The van der Waals surface area contributed by atoms with Crippen LogP contribution in [0.25, 0.3) is 0 Å². The molecule has 1 amide bonds. The number of allylic oxidation sites excluding steroid dienone is 2. The lowest BCUT2D eigenvalue weighted by molar-refractivity contribution is -0.317. The molecule has 0 aliphatic heterocycles. The summed E-state index contributed by atoms with van der Waals surface area (Å²) in [6, 6.07) is 4.09. The van der Waals surface area contributed by atoms with Crippen molar-refractivity contribution in [2.45, 2.75) is 25.1 Å². The van der Waals surface area contributed by atoms with Crippen molar-refractivity contribution < 1.29 is 26.7 Å². The third-order valence-corrected chi connectivity index (χ3v) is 4.14. The van der Waals surface area contributed by atoms with Crippen LogP contribution >= 0.6 is 11.6 Å². The summed E-state index contributed by atoms with van der Waals surface area (Å²) in [6.45, 7) is 0.753. The van der Waals surface area contributed by atoms with Crippen LogP contribution in [0, 0.1) is 5.41 Å². The maximum atomic E-state index is 14.0. The van der Waals surface area contributed by atoms with E-state index in [0.29, 0.717) is 0 Å². The Bertz CT molecular complexity index is 698. The first-order valence-corrected chi connectivity index (χ1v) is 7.24. The van der Waals surface area contributed by atoms with Gasteiger partial charge in [-0.3, -0.25) is 4.79 Å². The Hall–Kier alpha value is -1.89. The molecule has 0 heterocycles. The summed E-state index contributed by atoms with van der Waals surface area (Å²) in [6.07, 6.45) is -1.50. The first-order valence-electron chi connectivity index (χ1n) is 6.86. The zero-order chi connectivity index (χ0) is 18.2. The van der Waals surface area contributed by atoms with Crippen LogP contribution in [0.5, 0.6) is 0 Å². The lowest BCUT2D eigenvalue weighted by Crippen LogP contribution is -2.59. The highest BCUT2D eigenvalue weighted by Crippen LogP contribution is 2.51. The molecule has 0 saturated carbocycles. The second kappa shape index (κ2) is 6.20. The first kappa shape index (κ1) is 18.4. The average molecular weight is 366 g/mol. The summed E-state index contributed by atoms with van der Waals surface area (Å²) in [5.74, 6) is -5.83. The molecule has 0 fully saturated rings. The van der Waals surface area contributed by atoms with Gasteiger partial charge < -0.3 is 5.32 Å². The highest BCUT2D eigenvalue weighted by atomic mass is 35.5. The molecule has 0 radical (unpaired) electrons. The van der Waals surface area contributed by atoms with Crippen LogP contribution in [0.1, 0.15) is 17.3 Å². The van der Waals surface area contributed by atoms with E-state index in [4.69, 9.17) is 11.6 Å². The molecule has 0 bridgehead atoms. The van der Waals surface area contributed by atoms with E-state index < -0.39 is 29.5 Å². The van der Waals surface area contributed by atoms with Gasteiger partial charge in [0, 0.05) is 10.6 Å². The Morgan fingerprint density at radius 2 is 1.88 bits per heavy atom. The van der Waals surface area contributed by atoms with E-state index in [0.717, 1.165) is 25.2 Å². The molecule has 8 heteroatoms. The molecule has 0 spiro atoms. The predicted octanol–water partition coefficient (Wildman–Crippen LogP) is 4.77. The number of amides is 1. The topological polar surface area (TPSA) is 29.1 Å².